The summed E-state index contributed by atoms with van der Waals surface area (Å²) in [7, 11) is 0. The largest absolute Gasteiger partial charge is 0.457 e. The van der Waals surface area contributed by atoms with Crippen LogP contribution < -0.4 is 9.47 Å². The van der Waals surface area contributed by atoms with E-state index < -0.39 is 23.8 Å². The number of ether oxygens (including phenoxy) is 4. The standard InChI is InChI=1S/C30H36O8/c1-7-9-25(32)36-23(13-17(3)4)21-11-12-22-28(27(21)19(6)31)30(34)35-16-20-14-18(5)15-24(29(20)38-22)37-26(33)10-8-2/h11-12,14-15,17,23H,7-10,13,16H2,1-6H3. The van der Waals surface area contributed by atoms with Crippen molar-refractivity contribution in [3.63, 3.8) is 0 Å². The molecule has 0 saturated heterocycles. The molecule has 0 aromatic heterocycles. The Labute approximate surface area is 223 Å². The maximum atomic E-state index is 13.3. The van der Waals surface area contributed by atoms with Crippen LogP contribution in [0.4, 0.5) is 0 Å². The summed E-state index contributed by atoms with van der Waals surface area (Å²) in [6.07, 6.45) is 1.47. The average molecular weight is 525 g/mol. The molecule has 0 N–H and O–H groups in total. The summed E-state index contributed by atoms with van der Waals surface area (Å²) in [5.41, 5.74) is 1.79. The lowest BCUT2D eigenvalue weighted by molar-refractivity contribution is -0.150. The fourth-order valence-corrected chi connectivity index (χ4v) is 4.44. The van der Waals surface area contributed by atoms with Crippen LogP contribution in [-0.2, 0) is 25.7 Å². The fourth-order valence-electron chi connectivity index (χ4n) is 4.44. The zero-order valence-electron chi connectivity index (χ0n) is 23.0. The first-order chi connectivity index (χ1) is 18.0. The van der Waals surface area contributed by atoms with Crippen molar-refractivity contribution >= 4 is 23.7 Å². The van der Waals surface area contributed by atoms with E-state index >= 15 is 0 Å². The quantitative estimate of drug-likeness (QED) is 0.190. The molecule has 8 nitrogen and oxygen atoms in total. The molecule has 0 saturated carbocycles. The molecule has 204 valence electrons. The lowest BCUT2D eigenvalue weighted by Gasteiger charge is -2.26. The van der Waals surface area contributed by atoms with Crippen molar-refractivity contribution in [1.82, 2.24) is 0 Å². The Balaban J connectivity index is 2.17. The number of hydrogen-bond acceptors (Lipinski definition) is 8. The Kier molecular flexibility index (Phi) is 9.66. The predicted octanol–water partition coefficient (Wildman–Crippen LogP) is 6.80. The minimum atomic E-state index is -0.730. The third-order valence-corrected chi connectivity index (χ3v) is 6.04. The SMILES string of the molecule is CCCC(=O)Oc1cc(C)cc2c1Oc1ccc(C(CC(C)C)OC(=O)CCC)c(C(C)=O)c1C(=O)OC2. The van der Waals surface area contributed by atoms with Crippen LogP contribution in [0.5, 0.6) is 17.2 Å². The first-order valence-corrected chi connectivity index (χ1v) is 13.1. The van der Waals surface area contributed by atoms with Gasteiger partial charge in [-0.2, -0.15) is 0 Å². The number of cyclic esters (lactones) is 1. The van der Waals surface area contributed by atoms with Gasteiger partial charge in [-0.25, -0.2) is 4.79 Å². The van der Waals surface area contributed by atoms with Crippen LogP contribution in [0.2, 0.25) is 0 Å². The maximum Gasteiger partial charge on any atom is 0.343 e. The number of Topliss-reactive ketones (excluding diaryl/α,β-unsaturated/α-hetero) is 1. The molecule has 0 fully saturated rings. The van der Waals surface area contributed by atoms with Crippen LogP contribution in [0.25, 0.3) is 0 Å². The molecule has 1 unspecified atom stereocenters. The van der Waals surface area contributed by atoms with Crippen LogP contribution in [0.3, 0.4) is 0 Å². The van der Waals surface area contributed by atoms with E-state index in [-0.39, 0.29) is 59.7 Å². The summed E-state index contributed by atoms with van der Waals surface area (Å²) in [5.74, 6) is -1.22. The number of carbonyl (C=O) groups is 4. The molecular weight excluding hydrogens is 488 g/mol. The Morgan fingerprint density at radius 3 is 2.34 bits per heavy atom. The van der Waals surface area contributed by atoms with Crippen molar-refractivity contribution < 1.29 is 38.1 Å². The zero-order valence-corrected chi connectivity index (χ0v) is 23.0. The molecule has 2 aromatic rings. The third-order valence-electron chi connectivity index (χ3n) is 6.04. The second-order valence-corrected chi connectivity index (χ2v) is 9.97. The zero-order chi connectivity index (χ0) is 28.0. The lowest BCUT2D eigenvalue weighted by Crippen LogP contribution is -2.21. The number of benzene rings is 2. The number of fused-ring (bicyclic) bond motifs is 2. The van der Waals surface area contributed by atoms with Gasteiger partial charge in [0.2, 0.25) is 0 Å². The normalized spacial score (nSPS) is 13.3. The first-order valence-electron chi connectivity index (χ1n) is 13.1. The van der Waals surface area contributed by atoms with Gasteiger partial charge in [-0.3, -0.25) is 14.4 Å². The fraction of sp³-hybridized carbons (Fsp3) is 0.467. The van der Waals surface area contributed by atoms with E-state index in [0.717, 1.165) is 5.56 Å². The number of carbonyl (C=O) groups excluding carboxylic acids is 4. The minimum Gasteiger partial charge on any atom is -0.457 e. The van der Waals surface area contributed by atoms with Gasteiger partial charge in [0.1, 0.15) is 24.0 Å². The smallest absolute Gasteiger partial charge is 0.343 e. The maximum absolute atomic E-state index is 13.3. The molecule has 8 heteroatoms. The van der Waals surface area contributed by atoms with Gasteiger partial charge in [0, 0.05) is 29.5 Å². The molecule has 38 heavy (non-hydrogen) atoms. The minimum absolute atomic E-state index is 0.0487. The Hall–Kier alpha value is -3.68. The summed E-state index contributed by atoms with van der Waals surface area (Å²) < 4.78 is 23.2. The summed E-state index contributed by atoms with van der Waals surface area (Å²) in [5, 5.41) is 0. The van der Waals surface area contributed by atoms with E-state index in [9.17, 15) is 19.2 Å². The van der Waals surface area contributed by atoms with E-state index in [2.05, 4.69) is 0 Å². The molecule has 2 aromatic carbocycles. The average Bonchev–Trinajstić information content (AvgIpc) is 2.82. The monoisotopic (exact) mass is 524 g/mol. The molecule has 0 spiro atoms. The van der Waals surface area contributed by atoms with Crippen LogP contribution in [-0.4, -0.2) is 23.7 Å². The molecule has 0 radical (unpaired) electrons. The van der Waals surface area contributed by atoms with E-state index in [0.29, 0.717) is 30.4 Å². The highest BCUT2D eigenvalue weighted by Crippen LogP contribution is 2.43. The van der Waals surface area contributed by atoms with Gasteiger partial charge in [0.15, 0.2) is 17.3 Å². The summed E-state index contributed by atoms with van der Waals surface area (Å²) in [6.45, 7) is 10.8. The molecule has 0 amide bonds. The molecule has 0 aliphatic carbocycles. The molecule has 1 aliphatic rings. The van der Waals surface area contributed by atoms with Crippen LogP contribution in [0.1, 0.15) is 110 Å². The second kappa shape index (κ2) is 12.7. The van der Waals surface area contributed by atoms with Gasteiger partial charge in [-0.05, 0) is 62.8 Å². The second-order valence-electron chi connectivity index (χ2n) is 9.97. The highest BCUT2D eigenvalue weighted by Gasteiger charge is 2.32. The van der Waals surface area contributed by atoms with Gasteiger partial charge in [-0.1, -0.05) is 33.8 Å². The molecule has 3 rings (SSSR count). The topological polar surface area (TPSA) is 105 Å². The van der Waals surface area contributed by atoms with E-state index in [1.54, 1.807) is 24.3 Å². The first kappa shape index (κ1) is 28.9. The number of esters is 3. The molecule has 1 atom stereocenters. The molecule has 1 heterocycles. The summed E-state index contributed by atoms with van der Waals surface area (Å²) >= 11 is 0. The van der Waals surface area contributed by atoms with E-state index in [4.69, 9.17) is 18.9 Å². The molecular formula is C30H36O8. The Morgan fingerprint density at radius 1 is 1.03 bits per heavy atom. The number of rotatable bonds is 10. The van der Waals surface area contributed by atoms with E-state index in [1.165, 1.54) is 6.92 Å². The Morgan fingerprint density at radius 2 is 1.71 bits per heavy atom. The van der Waals surface area contributed by atoms with Gasteiger partial charge in [-0.15, -0.1) is 0 Å². The van der Waals surface area contributed by atoms with Gasteiger partial charge >= 0.3 is 17.9 Å². The lowest BCUT2D eigenvalue weighted by atomic mass is 9.90. The van der Waals surface area contributed by atoms with Crippen molar-refractivity contribution in [2.45, 2.75) is 86.4 Å². The Bertz CT molecular complexity index is 1230. The highest BCUT2D eigenvalue weighted by atomic mass is 16.6. The third kappa shape index (κ3) is 6.79. The highest BCUT2D eigenvalue weighted by molar-refractivity contribution is 6.08. The number of ketones is 1. The van der Waals surface area contributed by atoms with Crippen molar-refractivity contribution in [3.05, 3.63) is 52.1 Å². The van der Waals surface area contributed by atoms with E-state index in [1.807, 2.05) is 34.6 Å². The molecule has 1 aliphatic heterocycles. The van der Waals surface area contributed by atoms with Gasteiger partial charge in [0.25, 0.3) is 0 Å². The predicted molar refractivity (Wildman–Crippen MR) is 141 cm³/mol. The number of aryl methyl sites for hydroxylation is 1. The van der Waals surface area contributed by atoms with Crippen molar-refractivity contribution in [2.75, 3.05) is 0 Å². The van der Waals surface area contributed by atoms with Crippen LogP contribution in [0.15, 0.2) is 24.3 Å². The van der Waals surface area contributed by atoms with Crippen molar-refractivity contribution in [1.29, 1.82) is 0 Å². The van der Waals surface area contributed by atoms with Gasteiger partial charge < -0.3 is 18.9 Å². The van der Waals surface area contributed by atoms with Crippen molar-refractivity contribution in [3.8, 4) is 17.2 Å². The molecule has 0 bridgehead atoms. The van der Waals surface area contributed by atoms with Gasteiger partial charge in [0.05, 0.1) is 0 Å². The van der Waals surface area contributed by atoms with Crippen LogP contribution >= 0.6 is 0 Å². The summed E-state index contributed by atoms with van der Waals surface area (Å²) in [6, 6.07) is 6.68. The van der Waals surface area contributed by atoms with Crippen molar-refractivity contribution in [2.24, 2.45) is 5.92 Å². The number of hydrogen-bond donors (Lipinski definition) is 0. The summed E-state index contributed by atoms with van der Waals surface area (Å²) in [4.78, 5) is 51.0. The van der Waals surface area contributed by atoms with Crippen LogP contribution in [0, 0.1) is 12.8 Å².